The van der Waals surface area contributed by atoms with Gasteiger partial charge in [0, 0.05) is 12.8 Å². The summed E-state index contributed by atoms with van der Waals surface area (Å²) in [6, 6.07) is 2.44. The van der Waals surface area contributed by atoms with E-state index in [0.717, 1.165) is 0 Å². The van der Waals surface area contributed by atoms with Crippen LogP contribution in [0.1, 0.15) is 58.5 Å². The molecule has 138 valence electrons. The number of carbonyl (C=O) groups is 4. The lowest BCUT2D eigenvalue weighted by molar-refractivity contribution is -0.116. The lowest BCUT2D eigenvalue weighted by Crippen LogP contribution is -2.15. The molecule has 26 heavy (non-hydrogen) atoms. The predicted octanol–water partition coefficient (Wildman–Crippen LogP) is 3.24. The Kier molecular flexibility index (Phi) is 7.19. The van der Waals surface area contributed by atoms with Crippen molar-refractivity contribution in [2.75, 3.05) is 0 Å². The molecule has 0 heterocycles. The summed E-state index contributed by atoms with van der Waals surface area (Å²) < 4.78 is 0. The second-order valence-corrected chi connectivity index (χ2v) is 6.14. The van der Waals surface area contributed by atoms with Crippen LogP contribution in [0, 0.1) is 0 Å². The summed E-state index contributed by atoms with van der Waals surface area (Å²) in [6.45, 7) is 10.2. The highest BCUT2D eigenvalue weighted by atomic mass is 16.4. The van der Waals surface area contributed by atoms with Gasteiger partial charge in [-0.05, 0) is 61.1 Å². The first-order chi connectivity index (χ1) is 12.1. The largest absolute Gasteiger partial charge is 0.478 e. The summed E-state index contributed by atoms with van der Waals surface area (Å²) in [5, 5.41) is 18.9. The van der Waals surface area contributed by atoms with Gasteiger partial charge in [-0.2, -0.15) is 0 Å². The number of carbonyl (C=O) groups excluding carboxylic acids is 2. The van der Waals surface area contributed by atoms with E-state index in [1.54, 1.807) is 13.8 Å². The first-order valence-electron chi connectivity index (χ1n) is 8.05. The maximum Gasteiger partial charge on any atom is 0.335 e. The molecule has 0 saturated heterocycles. The van der Waals surface area contributed by atoms with E-state index in [-0.39, 0.29) is 59.5 Å². The van der Waals surface area contributed by atoms with Crippen LogP contribution < -0.4 is 0 Å². The van der Waals surface area contributed by atoms with Crippen LogP contribution in [0.4, 0.5) is 0 Å². The first-order valence-corrected chi connectivity index (χ1v) is 8.05. The summed E-state index contributed by atoms with van der Waals surface area (Å²) in [6.07, 6.45) is 0.149. The van der Waals surface area contributed by atoms with E-state index in [4.69, 9.17) is 0 Å². The summed E-state index contributed by atoms with van der Waals surface area (Å²) in [5.74, 6) is -2.89. The summed E-state index contributed by atoms with van der Waals surface area (Å²) in [4.78, 5) is 46.8. The molecule has 0 spiro atoms. The monoisotopic (exact) mass is 358 g/mol. The molecule has 0 atom stereocenters. The standard InChI is InChI=1S/C20H22O6/c1-11(2)17(21)9-7-13-14(8-10-18(22)12(3)4)16(20(25)26)6-5-15(13)19(23)24/h5-6H,1,3,7-10H2,2,4H3,(H,23,24)(H,25,26). The number of carboxylic acids is 2. The van der Waals surface area contributed by atoms with Gasteiger partial charge >= 0.3 is 11.9 Å². The van der Waals surface area contributed by atoms with Crippen LogP contribution in [-0.2, 0) is 22.4 Å². The molecule has 0 aromatic heterocycles. The van der Waals surface area contributed by atoms with Crippen LogP contribution in [0.15, 0.2) is 36.4 Å². The van der Waals surface area contributed by atoms with Gasteiger partial charge in [-0.3, -0.25) is 9.59 Å². The molecule has 6 nitrogen and oxygen atoms in total. The van der Waals surface area contributed by atoms with Gasteiger partial charge in [0.25, 0.3) is 0 Å². The number of Topliss-reactive ketones (excluding diaryl/α,β-unsaturated/α-hetero) is 2. The molecular weight excluding hydrogens is 336 g/mol. The molecule has 0 aliphatic rings. The van der Waals surface area contributed by atoms with Crippen LogP contribution in [0.3, 0.4) is 0 Å². The summed E-state index contributed by atoms with van der Waals surface area (Å²) in [5.41, 5.74) is 1.08. The quantitative estimate of drug-likeness (QED) is 0.622. The fourth-order valence-corrected chi connectivity index (χ4v) is 2.57. The van der Waals surface area contributed by atoms with Crippen molar-refractivity contribution >= 4 is 23.5 Å². The van der Waals surface area contributed by atoms with Crippen LogP contribution >= 0.6 is 0 Å². The molecule has 6 heteroatoms. The molecule has 1 rings (SSSR count). The minimum atomic E-state index is -1.22. The average molecular weight is 358 g/mol. The van der Waals surface area contributed by atoms with Crippen molar-refractivity contribution in [2.45, 2.75) is 39.5 Å². The molecule has 0 bridgehead atoms. The Labute approximate surface area is 151 Å². The highest BCUT2D eigenvalue weighted by molar-refractivity contribution is 5.97. The Hall–Kier alpha value is -3.02. The van der Waals surface area contributed by atoms with Crippen LogP contribution in [0.5, 0.6) is 0 Å². The molecule has 1 aromatic rings. The van der Waals surface area contributed by atoms with E-state index < -0.39 is 11.9 Å². The van der Waals surface area contributed by atoms with Gasteiger partial charge in [-0.1, -0.05) is 13.2 Å². The summed E-state index contributed by atoms with van der Waals surface area (Å²) >= 11 is 0. The maximum absolute atomic E-state index is 11.9. The number of hydrogen-bond donors (Lipinski definition) is 2. The zero-order valence-electron chi connectivity index (χ0n) is 14.9. The van der Waals surface area contributed by atoms with Crippen molar-refractivity contribution in [2.24, 2.45) is 0 Å². The topological polar surface area (TPSA) is 109 Å². The molecule has 0 saturated carbocycles. The van der Waals surface area contributed by atoms with E-state index in [1.165, 1.54) is 12.1 Å². The van der Waals surface area contributed by atoms with Crippen molar-refractivity contribution < 1.29 is 29.4 Å². The third-order valence-electron chi connectivity index (χ3n) is 4.05. The average Bonchev–Trinajstić information content (AvgIpc) is 2.56. The third kappa shape index (κ3) is 5.24. The highest BCUT2D eigenvalue weighted by Gasteiger charge is 2.22. The zero-order chi connectivity index (χ0) is 20.0. The van der Waals surface area contributed by atoms with E-state index in [1.807, 2.05) is 0 Å². The van der Waals surface area contributed by atoms with Gasteiger partial charge < -0.3 is 10.2 Å². The number of ketones is 2. The van der Waals surface area contributed by atoms with Crippen molar-refractivity contribution in [3.63, 3.8) is 0 Å². The lowest BCUT2D eigenvalue weighted by Gasteiger charge is -2.15. The number of rotatable bonds is 10. The molecule has 0 amide bonds. The molecule has 1 aromatic carbocycles. The zero-order valence-corrected chi connectivity index (χ0v) is 14.9. The van der Waals surface area contributed by atoms with Gasteiger partial charge in [0.05, 0.1) is 11.1 Å². The first kappa shape index (κ1) is 21.0. The van der Waals surface area contributed by atoms with E-state index >= 15 is 0 Å². The van der Waals surface area contributed by atoms with Gasteiger partial charge in [-0.25, -0.2) is 9.59 Å². The van der Waals surface area contributed by atoms with Gasteiger partial charge in [0.1, 0.15) is 0 Å². The van der Waals surface area contributed by atoms with Crippen molar-refractivity contribution in [1.82, 2.24) is 0 Å². The highest BCUT2D eigenvalue weighted by Crippen LogP contribution is 2.24. The van der Waals surface area contributed by atoms with Gasteiger partial charge in [-0.15, -0.1) is 0 Å². The Morgan fingerprint density at radius 1 is 0.769 bits per heavy atom. The Bertz CT molecular complexity index is 734. The third-order valence-corrected chi connectivity index (χ3v) is 4.05. The number of aromatic carboxylic acids is 2. The van der Waals surface area contributed by atoms with Gasteiger partial charge in [0.2, 0.25) is 0 Å². The van der Waals surface area contributed by atoms with Gasteiger partial charge in [0.15, 0.2) is 11.6 Å². The van der Waals surface area contributed by atoms with Crippen molar-refractivity contribution in [1.29, 1.82) is 0 Å². The molecule has 2 N–H and O–H groups in total. The number of hydrogen-bond acceptors (Lipinski definition) is 4. The number of carboxylic acid groups (broad SMARTS) is 2. The van der Waals surface area contributed by atoms with Crippen LogP contribution in [0.25, 0.3) is 0 Å². The van der Waals surface area contributed by atoms with Crippen molar-refractivity contribution in [3.05, 3.63) is 58.7 Å². The Morgan fingerprint density at radius 3 is 1.31 bits per heavy atom. The fourth-order valence-electron chi connectivity index (χ4n) is 2.57. The van der Waals surface area contributed by atoms with E-state index in [2.05, 4.69) is 13.2 Å². The minimum Gasteiger partial charge on any atom is -0.478 e. The smallest absolute Gasteiger partial charge is 0.335 e. The molecule has 0 radical (unpaired) electrons. The lowest BCUT2D eigenvalue weighted by atomic mass is 9.88. The van der Waals surface area contributed by atoms with E-state index in [0.29, 0.717) is 11.1 Å². The Morgan fingerprint density at radius 2 is 1.08 bits per heavy atom. The minimum absolute atomic E-state index is 0.0140. The molecule has 0 unspecified atom stereocenters. The summed E-state index contributed by atoms with van der Waals surface area (Å²) in [7, 11) is 0. The molecule has 0 fully saturated rings. The maximum atomic E-state index is 11.9. The fraction of sp³-hybridized carbons (Fsp3) is 0.300. The predicted molar refractivity (Wildman–Crippen MR) is 96.6 cm³/mol. The number of benzene rings is 1. The number of allylic oxidation sites excluding steroid dienone is 2. The SMILES string of the molecule is C=C(C)C(=O)CCc1c(C(=O)O)ccc(C(=O)O)c1CCC(=O)C(=C)C. The Balaban J connectivity index is 3.40. The van der Waals surface area contributed by atoms with Crippen LogP contribution in [-0.4, -0.2) is 33.7 Å². The normalized spacial score (nSPS) is 10.2. The second kappa shape index (κ2) is 8.89. The van der Waals surface area contributed by atoms with E-state index in [9.17, 15) is 29.4 Å². The molecule has 0 aliphatic carbocycles. The van der Waals surface area contributed by atoms with Crippen molar-refractivity contribution in [3.8, 4) is 0 Å². The second-order valence-electron chi connectivity index (χ2n) is 6.14. The molecule has 0 aliphatic heterocycles. The molecular formula is C20H22O6. The van der Waals surface area contributed by atoms with Crippen LogP contribution in [0.2, 0.25) is 0 Å².